The van der Waals surface area contributed by atoms with E-state index < -0.39 is 34.6 Å². The molecule has 5 rings (SSSR count). The first-order valence-electron chi connectivity index (χ1n) is 13.5. The topological polar surface area (TPSA) is 121 Å². The third-order valence-corrected chi connectivity index (χ3v) is 8.63. The molecule has 0 bridgehead atoms. The molecule has 1 aliphatic rings. The standard InChI is InChI=1S/C34H36O6/c35-29-30(36)32(38,22-26-15-7-2-8-16-26)34(40,24-28-19-11-4-12-20-28)33(39,23-27-17-9-3-10-18-27)31(29,37)21-25-13-5-1-6-14-25/h1-20,29-30,35-40H,21-24H2/t29-,30-,31-,32-,33+,34+/m1/s1. The van der Waals surface area contributed by atoms with Gasteiger partial charge in [-0.05, 0) is 22.3 Å². The fraction of sp³-hybridized carbons (Fsp3) is 0.294. The summed E-state index contributed by atoms with van der Waals surface area (Å²) in [5.41, 5.74) is -7.67. The first-order valence-corrected chi connectivity index (χ1v) is 13.5. The zero-order valence-electron chi connectivity index (χ0n) is 22.2. The molecule has 1 aliphatic carbocycles. The molecule has 0 spiro atoms. The van der Waals surface area contributed by atoms with E-state index in [1.165, 1.54) is 0 Å². The predicted octanol–water partition coefficient (Wildman–Crippen LogP) is 2.62. The summed E-state index contributed by atoms with van der Waals surface area (Å²) >= 11 is 0. The highest BCUT2D eigenvalue weighted by molar-refractivity contribution is 5.38. The first-order chi connectivity index (χ1) is 19.1. The highest BCUT2D eigenvalue weighted by atomic mass is 16.5. The van der Waals surface area contributed by atoms with Crippen molar-refractivity contribution < 1.29 is 30.6 Å². The van der Waals surface area contributed by atoms with Gasteiger partial charge in [-0.15, -0.1) is 0 Å². The molecule has 0 unspecified atom stereocenters. The molecular weight excluding hydrogens is 504 g/mol. The van der Waals surface area contributed by atoms with Crippen LogP contribution in [0, 0.1) is 0 Å². The average Bonchev–Trinajstić information content (AvgIpc) is 2.97. The largest absolute Gasteiger partial charge is 0.387 e. The number of hydrogen-bond acceptors (Lipinski definition) is 6. The Labute approximate surface area is 234 Å². The second-order valence-corrected chi connectivity index (χ2v) is 11.1. The monoisotopic (exact) mass is 540 g/mol. The normalized spacial score (nSPS) is 32.0. The van der Waals surface area contributed by atoms with E-state index in [2.05, 4.69) is 0 Å². The maximum absolute atomic E-state index is 12.9. The Morgan fingerprint density at radius 3 is 0.850 bits per heavy atom. The van der Waals surface area contributed by atoms with Crippen molar-refractivity contribution in [1.29, 1.82) is 0 Å². The Morgan fingerprint density at radius 2 is 0.600 bits per heavy atom. The summed E-state index contributed by atoms with van der Waals surface area (Å²) in [6.45, 7) is 0. The first kappa shape index (κ1) is 28.2. The van der Waals surface area contributed by atoms with Gasteiger partial charge in [0.2, 0.25) is 0 Å². The minimum atomic E-state index is -2.53. The number of aliphatic hydroxyl groups excluding tert-OH is 2. The van der Waals surface area contributed by atoms with Gasteiger partial charge < -0.3 is 30.6 Å². The van der Waals surface area contributed by atoms with Gasteiger partial charge in [-0.2, -0.15) is 0 Å². The van der Waals surface area contributed by atoms with Crippen molar-refractivity contribution in [2.24, 2.45) is 0 Å². The van der Waals surface area contributed by atoms with Crippen LogP contribution in [0.25, 0.3) is 0 Å². The van der Waals surface area contributed by atoms with Gasteiger partial charge in [0.05, 0.1) is 0 Å². The fourth-order valence-corrected chi connectivity index (χ4v) is 6.42. The maximum atomic E-state index is 12.9. The molecule has 0 radical (unpaired) electrons. The molecule has 6 nitrogen and oxygen atoms in total. The second kappa shape index (κ2) is 10.9. The van der Waals surface area contributed by atoms with Crippen LogP contribution in [-0.4, -0.2) is 65.3 Å². The van der Waals surface area contributed by atoms with Crippen LogP contribution in [-0.2, 0) is 25.7 Å². The summed E-state index contributed by atoms with van der Waals surface area (Å²) in [6, 6.07) is 35.3. The summed E-state index contributed by atoms with van der Waals surface area (Å²) in [5, 5.41) is 73.9. The molecule has 208 valence electrons. The minimum absolute atomic E-state index is 0.284. The van der Waals surface area contributed by atoms with Gasteiger partial charge in [0, 0.05) is 25.7 Å². The van der Waals surface area contributed by atoms with Crippen LogP contribution < -0.4 is 0 Å². The maximum Gasteiger partial charge on any atom is 0.132 e. The number of aliphatic hydroxyl groups is 6. The van der Waals surface area contributed by atoms with E-state index in [0.29, 0.717) is 22.3 Å². The number of benzene rings is 4. The molecule has 0 amide bonds. The van der Waals surface area contributed by atoms with Crippen molar-refractivity contribution in [3.8, 4) is 0 Å². The third-order valence-electron chi connectivity index (χ3n) is 8.63. The van der Waals surface area contributed by atoms with E-state index in [1.807, 2.05) is 12.1 Å². The van der Waals surface area contributed by atoms with Crippen LogP contribution in [0.3, 0.4) is 0 Å². The Balaban J connectivity index is 1.75. The van der Waals surface area contributed by atoms with Gasteiger partial charge in [0.15, 0.2) is 0 Å². The van der Waals surface area contributed by atoms with Crippen molar-refractivity contribution in [3.05, 3.63) is 144 Å². The van der Waals surface area contributed by atoms with Crippen LogP contribution in [0.2, 0.25) is 0 Å². The van der Waals surface area contributed by atoms with Gasteiger partial charge in [0.1, 0.15) is 34.6 Å². The van der Waals surface area contributed by atoms with E-state index in [9.17, 15) is 30.6 Å². The van der Waals surface area contributed by atoms with Crippen LogP contribution >= 0.6 is 0 Å². The van der Waals surface area contributed by atoms with Crippen LogP contribution in [0.4, 0.5) is 0 Å². The number of rotatable bonds is 8. The molecule has 40 heavy (non-hydrogen) atoms. The molecule has 0 aliphatic heterocycles. The molecule has 0 saturated heterocycles. The molecule has 0 aromatic heterocycles. The van der Waals surface area contributed by atoms with Crippen LogP contribution in [0.15, 0.2) is 121 Å². The summed E-state index contributed by atoms with van der Waals surface area (Å²) < 4.78 is 0. The molecule has 4 aromatic rings. The summed E-state index contributed by atoms with van der Waals surface area (Å²) in [6.07, 6.45) is -5.19. The lowest BCUT2D eigenvalue weighted by Gasteiger charge is -2.65. The Kier molecular flexibility index (Phi) is 7.68. The van der Waals surface area contributed by atoms with Crippen molar-refractivity contribution >= 4 is 0 Å². The van der Waals surface area contributed by atoms with Crippen molar-refractivity contribution in [3.63, 3.8) is 0 Å². The van der Waals surface area contributed by atoms with E-state index >= 15 is 0 Å². The van der Waals surface area contributed by atoms with Crippen molar-refractivity contribution in [2.75, 3.05) is 0 Å². The van der Waals surface area contributed by atoms with E-state index in [0.717, 1.165) is 0 Å². The minimum Gasteiger partial charge on any atom is -0.387 e. The summed E-state index contributed by atoms with van der Waals surface area (Å²) in [5.74, 6) is 0. The van der Waals surface area contributed by atoms with Gasteiger partial charge in [-0.3, -0.25) is 0 Å². The Hall–Kier alpha value is -3.36. The molecule has 0 heterocycles. The Morgan fingerprint density at radius 1 is 0.375 bits per heavy atom. The van der Waals surface area contributed by atoms with Crippen LogP contribution in [0.5, 0.6) is 0 Å². The molecule has 1 fully saturated rings. The lowest BCUT2D eigenvalue weighted by Crippen LogP contribution is -2.89. The molecular formula is C34H36O6. The highest BCUT2D eigenvalue weighted by Crippen LogP contribution is 2.54. The van der Waals surface area contributed by atoms with E-state index in [1.54, 1.807) is 109 Å². The van der Waals surface area contributed by atoms with Gasteiger partial charge in [-0.1, -0.05) is 121 Å². The van der Waals surface area contributed by atoms with Gasteiger partial charge >= 0.3 is 0 Å². The smallest absolute Gasteiger partial charge is 0.132 e. The lowest BCUT2D eigenvalue weighted by molar-refractivity contribution is -0.380. The van der Waals surface area contributed by atoms with Gasteiger partial charge in [-0.25, -0.2) is 0 Å². The summed E-state index contributed by atoms with van der Waals surface area (Å²) in [7, 11) is 0. The van der Waals surface area contributed by atoms with Crippen LogP contribution in [0.1, 0.15) is 22.3 Å². The average molecular weight is 541 g/mol. The third kappa shape index (κ3) is 4.67. The highest BCUT2D eigenvalue weighted by Gasteiger charge is 2.78. The zero-order valence-corrected chi connectivity index (χ0v) is 22.2. The van der Waals surface area contributed by atoms with E-state index in [4.69, 9.17) is 0 Å². The zero-order chi connectivity index (χ0) is 28.4. The molecule has 6 heteroatoms. The fourth-order valence-electron chi connectivity index (χ4n) is 6.42. The SMILES string of the molecule is O[C@@H]1[C@@H](O)[C@](O)(Cc2ccccc2)[C@@](O)(Cc2ccccc2)[C@](O)(Cc2ccccc2)[C@@]1(O)Cc1ccccc1. The quantitative estimate of drug-likeness (QED) is 0.204. The summed E-state index contributed by atoms with van der Waals surface area (Å²) in [4.78, 5) is 0. The van der Waals surface area contributed by atoms with Gasteiger partial charge in [0.25, 0.3) is 0 Å². The molecule has 6 atom stereocenters. The lowest BCUT2D eigenvalue weighted by atomic mass is 9.49. The molecule has 4 aromatic carbocycles. The van der Waals surface area contributed by atoms with Crippen molar-refractivity contribution in [2.45, 2.75) is 60.3 Å². The Bertz CT molecular complexity index is 1280. The second-order valence-electron chi connectivity index (χ2n) is 11.1. The molecule has 1 saturated carbocycles. The number of hydrogen-bond donors (Lipinski definition) is 6. The van der Waals surface area contributed by atoms with E-state index in [-0.39, 0.29) is 25.7 Å². The molecule has 6 N–H and O–H groups in total. The predicted molar refractivity (Wildman–Crippen MR) is 152 cm³/mol. The van der Waals surface area contributed by atoms with Crippen molar-refractivity contribution in [1.82, 2.24) is 0 Å².